The number of anilines is 1. The molecule has 0 spiro atoms. The summed E-state index contributed by atoms with van der Waals surface area (Å²) < 4.78 is 0. The fraction of sp³-hybridized carbons (Fsp3) is 0.167. The molecule has 0 fully saturated rings. The van der Waals surface area contributed by atoms with E-state index in [2.05, 4.69) is 47.3 Å². The highest BCUT2D eigenvalue weighted by atomic mass is 32.1. The molecule has 0 aliphatic rings. The van der Waals surface area contributed by atoms with Crippen molar-refractivity contribution in [3.8, 4) is 11.3 Å². The average Bonchev–Trinajstić information content (AvgIpc) is 2.95. The summed E-state index contributed by atoms with van der Waals surface area (Å²) in [6.07, 6.45) is 0. The maximum Gasteiger partial charge on any atom is 0.276 e. The van der Waals surface area contributed by atoms with Crippen LogP contribution in [-0.4, -0.2) is 15.9 Å². The summed E-state index contributed by atoms with van der Waals surface area (Å²) in [6.45, 7) is 5.99. The molecule has 0 saturated heterocycles. The van der Waals surface area contributed by atoms with Gasteiger partial charge in [-0.1, -0.05) is 29.8 Å². The number of thiazole rings is 1. The maximum atomic E-state index is 12.2. The molecule has 0 atom stereocenters. The van der Waals surface area contributed by atoms with Gasteiger partial charge in [-0.3, -0.25) is 10.1 Å². The average molecular weight is 323 g/mol. The van der Waals surface area contributed by atoms with Gasteiger partial charge in [0.25, 0.3) is 5.91 Å². The van der Waals surface area contributed by atoms with Crippen molar-refractivity contribution < 1.29 is 4.79 Å². The molecule has 0 aliphatic carbocycles. The summed E-state index contributed by atoms with van der Waals surface area (Å²) in [5, 5.41) is 5.34. The Bertz CT molecular complexity index is 870. The number of amides is 1. The lowest BCUT2D eigenvalue weighted by Gasteiger charge is -2.04. The number of carbonyl (C=O) groups is 1. The first-order valence-electron chi connectivity index (χ1n) is 7.31. The van der Waals surface area contributed by atoms with Crippen LogP contribution in [0.3, 0.4) is 0 Å². The van der Waals surface area contributed by atoms with Crippen molar-refractivity contribution in [1.82, 2.24) is 9.97 Å². The van der Waals surface area contributed by atoms with Crippen LogP contribution in [0.5, 0.6) is 0 Å². The van der Waals surface area contributed by atoms with Gasteiger partial charge in [-0.15, -0.1) is 11.3 Å². The summed E-state index contributed by atoms with van der Waals surface area (Å²) in [7, 11) is 0. The molecule has 4 nitrogen and oxygen atoms in total. The standard InChI is InChI=1S/C18H17N3OS/c1-11-7-8-14(12(2)9-11)16-10-23-18(20-16)21-17(22)15-6-4-5-13(3)19-15/h4-10H,1-3H3,(H,20,21,22). The number of nitrogens with zero attached hydrogens (tertiary/aromatic N) is 2. The third kappa shape index (κ3) is 3.46. The molecular weight excluding hydrogens is 306 g/mol. The van der Waals surface area contributed by atoms with Crippen molar-refractivity contribution in [2.45, 2.75) is 20.8 Å². The SMILES string of the molecule is Cc1ccc(-c2csc(NC(=O)c3cccc(C)n3)n2)c(C)c1. The van der Waals surface area contributed by atoms with Gasteiger partial charge in [-0.2, -0.15) is 0 Å². The van der Waals surface area contributed by atoms with Gasteiger partial charge < -0.3 is 0 Å². The van der Waals surface area contributed by atoms with E-state index in [1.54, 1.807) is 6.07 Å². The largest absolute Gasteiger partial charge is 0.296 e. The minimum absolute atomic E-state index is 0.241. The summed E-state index contributed by atoms with van der Waals surface area (Å²) in [5.74, 6) is -0.241. The van der Waals surface area contributed by atoms with Crippen LogP contribution >= 0.6 is 11.3 Å². The lowest BCUT2D eigenvalue weighted by atomic mass is 10.0. The van der Waals surface area contributed by atoms with Crippen LogP contribution in [0, 0.1) is 20.8 Å². The zero-order valence-corrected chi connectivity index (χ0v) is 14.1. The van der Waals surface area contributed by atoms with Crippen LogP contribution in [0.2, 0.25) is 0 Å². The van der Waals surface area contributed by atoms with Gasteiger partial charge in [-0.25, -0.2) is 9.97 Å². The Morgan fingerprint density at radius 2 is 1.91 bits per heavy atom. The third-order valence-corrected chi connectivity index (χ3v) is 4.26. The first kappa shape index (κ1) is 15.4. The van der Waals surface area contributed by atoms with Crippen molar-refractivity contribution in [3.63, 3.8) is 0 Å². The first-order valence-corrected chi connectivity index (χ1v) is 8.19. The van der Waals surface area contributed by atoms with E-state index in [0.717, 1.165) is 17.0 Å². The second kappa shape index (κ2) is 6.30. The Balaban J connectivity index is 1.81. The van der Waals surface area contributed by atoms with Crippen LogP contribution in [-0.2, 0) is 0 Å². The van der Waals surface area contributed by atoms with Crippen LogP contribution in [0.1, 0.15) is 27.3 Å². The Morgan fingerprint density at radius 1 is 1.09 bits per heavy atom. The van der Waals surface area contributed by atoms with E-state index >= 15 is 0 Å². The normalized spacial score (nSPS) is 10.6. The van der Waals surface area contributed by atoms with Gasteiger partial charge in [0, 0.05) is 16.6 Å². The highest BCUT2D eigenvalue weighted by molar-refractivity contribution is 7.14. The van der Waals surface area contributed by atoms with Crippen LogP contribution in [0.15, 0.2) is 41.8 Å². The van der Waals surface area contributed by atoms with Crippen molar-refractivity contribution in [1.29, 1.82) is 0 Å². The summed E-state index contributed by atoms with van der Waals surface area (Å²) in [4.78, 5) is 21.0. The quantitative estimate of drug-likeness (QED) is 0.778. The zero-order valence-electron chi connectivity index (χ0n) is 13.3. The van der Waals surface area contributed by atoms with Gasteiger partial charge in [-0.05, 0) is 38.5 Å². The fourth-order valence-corrected chi connectivity index (χ4v) is 3.09. The van der Waals surface area contributed by atoms with E-state index in [-0.39, 0.29) is 5.91 Å². The van der Waals surface area contributed by atoms with Crippen LogP contribution < -0.4 is 5.32 Å². The molecule has 0 unspecified atom stereocenters. The minimum atomic E-state index is -0.241. The Labute approximate surface area is 139 Å². The van der Waals surface area contributed by atoms with E-state index in [1.165, 1.54) is 22.5 Å². The number of benzene rings is 1. The number of aryl methyl sites for hydroxylation is 3. The van der Waals surface area contributed by atoms with Gasteiger partial charge in [0.05, 0.1) is 5.69 Å². The molecule has 0 saturated carbocycles. The summed E-state index contributed by atoms with van der Waals surface area (Å²) in [6, 6.07) is 11.6. The number of hydrogen-bond donors (Lipinski definition) is 1. The summed E-state index contributed by atoms with van der Waals surface area (Å²) in [5.41, 5.74) is 5.57. The number of pyridine rings is 1. The van der Waals surface area contributed by atoms with Gasteiger partial charge >= 0.3 is 0 Å². The highest BCUT2D eigenvalue weighted by Gasteiger charge is 2.12. The van der Waals surface area contributed by atoms with Gasteiger partial charge in [0.1, 0.15) is 5.69 Å². The van der Waals surface area contributed by atoms with Crippen molar-refractivity contribution >= 4 is 22.4 Å². The highest BCUT2D eigenvalue weighted by Crippen LogP contribution is 2.28. The van der Waals surface area contributed by atoms with E-state index in [0.29, 0.717) is 10.8 Å². The molecule has 116 valence electrons. The number of rotatable bonds is 3. The van der Waals surface area contributed by atoms with Crippen LogP contribution in [0.4, 0.5) is 5.13 Å². The number of aromatic nitrogens is 2. The Kier molecular flexibility index (Phi) is 4.21. The third-order valence-electron chi connectivity index (χ3n) is 3.50. The lowest BCUT2D eigenvalue weighted by molar-refractivity contribution is 0.102. The van der Waals surface area contributed by atoms with Crippen LogP contribution in [0.25, 0.3) is 11.3 Å². The van der Waals surface area contributed by atoms with Gasteiger partial charge in [0.15, 0.2) is 5.13 Å². The number of nitrogens with one attached hydrogen (secondary N) is 1. The van der Waals surface area contributed by atoms with E-state index in [1.807, 2.05) is 24.4 Å². The second-order valence-electron chi connectivity index (χ2n) is 5.47. The fourth-order valence-electron chi connectivity index (χ4n) is 2.39. The molecule has 1 amide bonds. The van der Waals surface area contributed by atoms with Crippen molar-refractivity contribution in [3.05, 3.63) is 64.3 Å². The topological polar surface area (TPSA) is 54.9 Å². The lowest BCUT2D eigenvalue weighted by Crippen LogP contribution is -2.13. The van der Waals surface area contributed by atoms with E-state index in [9.17, 15) is 4.79 Å². The molecule has 1 N–H and O–H groups in total. The number of hydrogen-bond acceptors (Lipinski definition) is 4. The molecule has 0 aliphatic heterocycles. The maximum absolute atomic E-state index is 12.2. The minimum Gasteiger partial charge on any atom is -0.296 e. The van der Waals surface area contributed by atoms with E-state index < -0.39 is 0 Å². The molecule has 0 radical (unpaired) electrons. The Morgan fingerprint density at radius 3 is 2.65 bits per heavy atom. The molecule has 1 aromatic carbocycles. The molecule has 2 aromatic heterocycles. The molecule has 5 heteroatoms. The predicted molar refractivity (Wildman–Crippen MR) is 94.0 cm³/mol. The van der Waals surface area contributed by atoms with Crippen molar-refractivity contribution in [2.24, 2.45) is 0 Å². The monoisotopic (exact) mass is 323 g/mol. The molecular formula is C18H17N3OS. The molecule has 3 aromatic rings. The number of carbonyl (C=O) groups excluding carboxylic acids is 1. The Hall–Kier alpha value is -2.53. The summed E-state index contributed by atoms with van der Waals surface area (Å²) >= 11 is 1.41. The van der Waals surface area contributed by atoms with Crippen molar-refractivity contribution in [2.75, 3.05) is 5.32 Å². The van der Waals surface area contributed by atoms with Gasteiger partial charge in [0.2, 0.25) is 0 Å². The first-order chi connectivity index (χ1) is 11.0. The van der Waals surface area contributed by atoms with E-state index in [4.69, 9.17) is 0 Å². The molecule has 3 rings (SSSR count). The molecule has 2 heterocycles. The smallest absolute Gasteiger partial charge is 0.276 e. The predicted octanol–water partition coefficient (Wildman–Crippen LogP) is 4.38. The zero-order chi connectivity index (χ0) is 16.4. The molecule has 0 bridgehead atoms. The molecule has 23 heavy (non-hydrogen) atoms. The second-order valence-corrected chi connectivity index (χ2v) is 6.33.